The van der Waals surface area contributed by atoms with E-state index in [1.807, 2.05) is 6.07 Å². The summed E-state index contributed by atoms with van der Waals surface area (Å²) in [6.07, 6.45) is 3.38. The molecule has 4 heteroatoms. The average molecular weight is 294 g/mol. The van der Waals surface area contributed by atoms with E-state index < -0.39 is 0 Å². The minimum atomic E-state index is -0.152. The van der Waals surface area contributed by atoms with Gasteiger partial charge in [0.2, 0.25) is 0 Å². The van der Waals surface area contributed by atoms with Crippen LogP contribution in [0.15, 0.2) is 24.3 Å². The number of nitrogens with zero attached hydrogens (tertiary/aromatic N) is 1. The lowest BCUT2D eigenvalue weighted by molar-refractivity contribution is 0.117. The second kappa shape index (κ2) is 8.47. The minimum Gasteiger partial charge on any atom is -0.383 e. The molecule has 0 saturated carbocycles. The molecule has 2 unspecified atom stereocenters. The highest BCUT2D eigenvalue weighted by Crippen LogP contribution is 2.13. The number of hydrogen-bond acceptors (Lipinski definition) is 3. The summed E-state index contributed by atoms with van der Waals surface area (Å²) in [6.45, 7) is 6.04. The highest BCUT2D eigenvalue weighted by atomic mass is 19.1. The van der Waals surface area contributed by atoms with Gasteiger partial charge in [-0.05, 0) is 50.4 Å². The van der Waals surface area contributed by atoms with Gasteiger partial charge in [0, 0.05) is 32.3 Å². The van der Waals surface area contributed by atoms with Crippen molar-refractivity contribution in [1.82, 2.24) is 10.2 Å². The number of benzene rings is 1. The maximum absolute atomic E-state index is 13.3. The van der Waals surface area contributed by atoms with Crippen molar-refractivity contribution in [3.8, 4) is 0 Å². The van der Waals surface area contributed by atoms with Crippen LogP contribution in [-0.2, 0) is 11.2 Å². The van der Waals surface area contributed by atoms with Gasteiger partial charge in [-0.3, -0.25) is 4.90 Å². The molecule has 1 aromatic rings. The first kappa shape index (κ1) is 16.4. The summed E-state index contributed by atoms with van der Waals surface area (Å²) in [4.78, 5) is 2.46. The standard InChI is InChI=1S/C17H27FN2O/c1-14(11-15-5-3-6-16(18)12-15)20(9-10-21-2)13-17-7-4-8-19-17/h3,5-6,12,14,17,19H,4,7-11,13H2,1-2H3. The predicted molar refractivity (Wildman–Crippen MR) is 84.0 cm³/mol. The Kier molecular flexibility index (Phi) is 6.61. The molecule has 0 radical (unpaired) electrons. The molecular formula is C17H27FN2O. The lowest BCUT2D eigenvalue weighted by Crippen LogP contribution is -2.44. The van der Waals surface area contributed by atoms with Crippen LogP contribution in [0.4, 0.5) is 4.39 Å². The largest absolute Gasteiger partial charge is 0.383 e. The Morgan fingerprint density at radius 1 is 1.48 bits per heavy atom. The maximum Gasteiger partial charge on any atom is 0.123 e. The zero-order valence-electron chi connectivity index (χ0n) is 13.1. The molecule has 1 fully saturated rings. The van der Waals surface area contributed by atoms with E-state index in [9.17, 15) is 4.39 Å². The van der Waals surface area contributed by atoms with Crippen LogP contribution in [0.3, 0.4) is 0 Å². The summed E-state index contributed by atoms with van der Waals surface area (Å²) in [7, 11) is 1.74. The van der Waals surface area contributed by atoms with Crippen molar-refractivity contribution in [2.24, 2.45) is 0 Å². The van der Waals surface area contributed by atoms with E-state index in [1.165, 1.54) is 18.9 Å². The first-order valence-electron chi connectivity index (χ1n) is 7.90. The minimum absolute atomic E-state index is 0.152. The molecule has 1 heterocycles. The van der Waals surface area contributed by atoms with Crippen molar-refractivity contribution >= 4 is 0 Å². The van der Waals surface area contributed by atoms with Crippen molar-refractivity contribution < 1.29 is 9.13 Å². The van der Waals surface area contributed by atoms with Gasteiger partial charge in [0.1, 0.15) is 5.82 Å². The SMILES string of the molecule is COCCN(CC1CCCN1)C(C)Cc1cccc(F)c1. The van der Waals surface area contributed by atoms with Gasteiger partial charge in [-0.25, -0.2) is 4.39 Å². The molecule has 2 atom stereocenters. The highest BCUT2D eigenvalue weighted by molar-refractivity contribution is 5.17. The first-order chi connectivity index (χ1) is 10.2. The molecule has 1 aliphatic heterocycles. The van der Waals surface area contributed by atoms with Crippen LogP contribution in [-0.4, -0.2) is 50.3 Å². The molecule has 21 heavy (non-hydrogen) atoms. The summed E-state index contributed by atoms with van der Waals surface area (Å²) in [5, 5.41) is 3.55. The topological polar surface area (TPSA) is 24.5 Å². The van der Waals surface area contributed by atoms with Crippen molar-refractivity contribution in [2.45, 2.75) is 38.3 Å². The number of hydrogen-bond donors (Lipinski definition) is 1. The second-order valence-electron chi connectivity index (χ2n) is 5.96. The van der Waals surface area contributed by atoms with E-state index in [4.69, 9.17) is 4.74 Å². The zero-order chi connectivity index (χ0) is 15.1. The summed E-state index contributed by atoms with van der Waals surface area (Å²) in [5.74, 6) is -0.152. The Morgan fingerprint density at radius 3 is 3.00 bits per heavy atom. The molecule has 1 saturated heterocycles. The lowest BCUT2D eigenvalue weighted by atomic mass is 10.0. The molecule has 0 aliphatic carbocycles. The summed E-state index contributed by atoms with van der Waals surface area (Å²) in [6, 6.07) is 7.89. The molecular weight excluding hydrogens is 267 g/mol. The molecule has 1 aliphatic rings. The number of halogens is 1. The fraction of sp³-hybridized carbons (Fsp3) is 0.647. The van der Waals surface area contributed by atoms with Crippen LogP contribution in [0.25, 0.3) is 0 Å². The fourth-order valence-corrected chi connectivity index (χ4v) is 3.03. The van der Waals surface area contributed by atoms with Crippen molar-refractivity contribution in [3.63, 3.8) is 0 Å². The summed E-state index contributed by atoms with van der Waals surface area (Å²) < 4.78 is 18.5. The number of nitrogens with one attached hydrogen (secondary N) is 1. The molecule has 118 valence electrons. The lowest BCUT2D eigenvalue weighted by Gasteiger charge is -2.31. The van der Waals surface area contributed by atoms with Gasteiger partial charge >= 0.3 is 0 Å². The molecule has 0 amide bonds. The van der Waals surface area contributed by atoms with E-state index in [2.05, 4.69) is 17.1 Å². The van der Waals surface area contributed by atoms with Gasteiger partial charge < -0.3 is 10.1 Å². The van der Waals surface area contributed by atoms with Crippen molar-refractivity contribution in [2.75, 3.05) is 33.4 Å². The van der Waals surface area contributed by atoms with Gasteiger partial charge in [0.25, 0.3) is 0 Å². The van der Waals surface area contributed by atoms with Gasteiger partial charge in [0.15, 0.2) is 0 Å². The predicted octanol–water partition coefficient (Wildman–Crippen LogP) is 2.46. The fourth-order valence-electron chi connectivity index (χ4n) is 3.03. The number of rotatable bonds is 8. The molecule has 0 aromatic heterocycles. The van der Waals surface area contributed by atoms with Crippen LogP contribution in [0.1, 0.15) is 25.3 Å². The smallest absolute Gasteiger partial charge is 0.123 e. The quantitative estimate of drug-likeness (QED) is 0.797. The third-order valence-corrected chi connectivity index (χ3v) is 4.24. The van der Waals surface area contributed by atoms with Crippen LogP contribution in [0.5, 0.6) is 0 Å². The van der Waals surface area contributed by atoms with E-state index >= 15 is 0 Å². The Hall–Kier alpha value is -0.970. The highest BCUT2D eigenvalue weighted by Gasteiger charge is 2.21. The molecule has 0 bridgehead atoms. The van der Waals surface area contributed by atoms with Crippen LogP contribution < -0.4 is 5.32 Å². The Balaban J connectivity index is 1.93. The first-order valence-corrected chi connectivity index (χ1v) is 7.90. The summed E-state index contributed by atoms with van der Waals surface area (Å²) in [5.41, 5.74) is 1.06. The van der Waals surface area contributed by atoms with Gasteiger partial charge in [-0.2, -0.15) is 0 Å². The second-order valence-corrected chi connectivity index (χ2v) is 5.96. The average Bonchev–Trinajstić information content (AvgIpc) is 2.96. The van der Waals surface area contributed by atoms with Gasteiger partial charge in [-0.15, -0.1) is 0 Å². The van der Waals surface area contributed by atoms with E-state index in [0.29, 0.717) is 12.1 Å². The van der Waals surface area contributed by atoms with Crippen LogP contribution >= 0.6 is 0 Å². The zero-order valence-corrected chi connectivity index (χ0v) is 13.1. The van der Waals surface area contributed by atoms with Gasteiger partial charge in [0.05, 0.1) is 6.61 Å². The molecule has 1 N–H and O–H groups in total. The number of methoxy groups -OCH3 is 1. The normalized spacial score (nSPS) is 20.1. The Labute approximate surface area is 127 Å². The van der Waals surface area contributed by atoms with Crippen molar-refractivity contribution in [3.05, 3.63) is 35.6 Å². The van der Waals surface area contributed by atoms with Crippen molar-refractivity contribution in [1.29, 1.82) is 0 Å². The monoisotopic (exact) mass is 294 g/mol. The molecule has 2 rings (SSSR count). The third kappa shape index (κ3) is 5.38. The van der Waals surface area contributed by atoms with E-state index in [0.717, 1.165) is 38.2 Å². The Bertz CT molecular complexity index is 421. The van der Waals surface area contributed by atoms with Crippen LogP contribution in [0, 0.1) is 5.82 Å². The third-order valence-electron chi connectivity index (χ3n) is 4.24. The van der Waals surface area contributed by atoms with E-state index in [1.54, 1.807) is 19.2 Å². The molecule has 0 spiro atoms. The molecule has 1 aromatic carbocycles. The van der Waals surface area contributed by atoms with Gasteiger partial charge in [-0.1, -0.05) is 12.1 Å². The van der Waals surface area contributed by atoms with E-state index in [-0.39, 0.29) is 5.82 Å². The number of ether oxygens (including phenoxy) is 1. The van der Waals surface area contributed by atoms with Crippen LogP contribution in [0.2, 0.25) is 0 Å². The Morgan fingerprint density at radius 2 is 2.33 bits per heavy atom. The summed E-state index contributed by atoms with van der Waals surface area (Å²) >= 11 is 0. The maximum atomic E-state index is 13.3. The molecule has 3 nitrogen and oxygen atoms in total.